The van der Waals surface area contributed by atoms with Crippen molar-refractivity contribution in [1.82, 2.24) is 0 Å². The Bertz CT molecular complexity index is 263. The van der Waals surface area contributed by atoms with Gasteiger partial charge in [-0.25, -0.2) is 0 Å². The second-order valence-corrected chi connectivity index (χ2v) is 2.09. The molecule has 0 amide bonds. The average Bonchev–Trinajstić information content (AvgIpc) is 2.13. The number of nitrogens with zero attached hydrogens (tertiary/aromatic N) is 1. The van der Waals surface area contributed by atoms with E-state index in [0.29, 0.717) is 6.42 Å². The van der Waals surface area contributed by atoms with E-state index in [1.807, 2.05) is 0 Å². The van der Waals surface area contributed by atoms with E-state index in [0.717, 1.165) is 6.08 Å². The molecule has 0 fully saturated rings. The molecule has 1 aliphatic rings. The van der Waals surface area contributed by atoms with Crippen LogP contribution in [-0.4, -0.2) is 10.0 Å². The van der Waals surface area contributed by atoms with E-state index in [2.05, 4.69) is 0 Å². The van der Waals surface area contributed by atoms with Gasteiger partial charge in [0.2, 0.25) is 0 Å². The lowest BCUT2D eigenvalue weighted by Gasteiger charge is -1.88. The minimum Gasteiger partial charge on any atom is -0.508 e. The first-order valence-corrected chi connectivity index (χ1v) is 3.12. The lowest BCUT2D eigenvalue weighted by atomic mass is 10.4. The van der Waals surface area contributed by atoms with Crippen LogP contribution in [0.2, 0.25) is 0 Å². The SMILES string of the molecule is O=[N+]([O-])C1=CC(O)=CCC=C1. The standard InChI is InChI=1S/C7H7NO3/c9-7-4-2-1-3-6(5-7)8(10)11/h1,3-5,9H,2H2. The zero-order valence-corrected chi connectivity index (χ0v) is 5.73. The number of aliphatic hydroxyl groups excluding tert-OH is 1. The van der Waals surface area contributed by atoms with E-state index in [1.54, 1.807) is 6.08 Å². The van der Waals surface area contributed by atoms with E-state index in [-0.39, 0.29) is 11.5 Å². The fourth-order valence-electron chi connectivity index (χ4n) is 0.750. The number of aliphatic hydroxyl groups is 1. The molecule has 0 unspecified atom stereocenters. The van der Waals surface area contributed by atoms with Crippen LogP contribution >= 0.6 is 0 Å². The highest BCUT2D eigenvalue weighted by molar-refractivity contribution is 5.25. The molecule has 11 heavy (non-hydrogen) atoms. The third-order valence-corrected chi connectivity index (χ3v) is 1.26. The van der Waals surface area contributed by atoms with Gasteiger partial charge in [-0.3, -0.25) is 10.1 Å². The van der Waals surface area contributed by atoms with Crippen molar-refractivity contribution in [2.75, 3.05) is 0 Å². The van der Waals surface area contributed by atoms with Crippen LogP contribution in [0.25, 0.3) is 0 Å². The van der Waals surface area contributed by atoms with Crippen LogP contribution in [0.15, 0.2) is 35.8 Å². The van der Waals surface area contributed by atoms with E-state index in [9.17, 15) is 10.1 Å². The smallest absolute Gasteiger partial charge is 0.272 e. The maximum Gasteiger partial charge on any atom is 0.272 e. The summed E-state index contributed by atoms with van der Waals surface area (Å²) in [6, 6.07) is 0. The monoisotopic (exact) mass is 153 g/mol. The van der Waals surface area contributed by atoms with Crippen LogP contribution in [-0.2, 0) is 0 Å². The number of allylic oxidation sites excluding steroid dienone is 4. The maximum absolute atomic E-state index is 10.2. The lowest BCUT2D eigenvalue weighted by molar-refractivity contribution is -0.419. The van der Waals surface area contributed by atoms with Crippen molar-refractivity contribution >= 4 is 0 Å². The predicted octanol–water partition coefficient (Wildman–Crippen LogP) is 1.55. The Kier molecular flexibility index (Phi) is 2.06. The molecule has 1 N–H and O–H groups in total. The van der Waals surface area contributed by atoms with Gasteiger partial charge in [0, 0.05) is 6.08 Å². The van der Waals surface area contributed by atoms with Crippen LogP contribution in [0, 0.1) is 10.1 Å². The van der Waals surface area contributed by atoms with Crippen LogP contribution in [0.3, 0.4) is 0 Å². The Labute approximate surface area is 63.3 Å². The Balaban J connectivity index is 2.93. The van der Waals surface area contributed by atoms with E-state index >= 15 is 0 Å². The van der Waals surface area contributed by atoms with Gasteiger partial charge in [0.25, 0.3) is 5.70 Å². The second kappa shape index (κ2) is 3.01. The highest BCUT2D eigenvalue weighted by Gasteiger charge is 2.07. The molecule has 1 aliphatic carbocycles. The van der Waals surface area contributed by atoms with Gasteiger partial charge in [-0.15, -0.1) is 0 Å². The number of nitro groups is 1. The summed E-state index contributed by atoms with van der Waals surface area (Å²) in [6.07, 6.45) is 6.16. The van der Waals surface area contributed by atoms with Gasteiger partial charge in [0.15, 0.2) is 0 Å². The van der Waals surface area contributed by atoms with Crippen LogP contribution in [0.1, 0.15) is 6.42 Å². The third-order valence-electron chi connectivity index (χ3n) is 1.26. The normalized spacial score (nSPS) is 16.7. The van der Waals surface area contributed by atoms with Gasteiger partial charge in [0.05, 0.1) is 11.0 Å². The van der Waals surface area contributed by atoms with E-state index in [4.69, 9.17) is 5.11 Å². The quantitative estimate of drug-likeness (QED) is 0.459. The molecule has 4 nitrogen and oxygen atoms in total. The third kappa shape index (κ3) is 1.93. The summed E-state index contributed by atoms with van der Waals surface area (Å²) in [5, 5.41) is 19.1. The summed E-state index contributed by atoms with van der Waals surface area (Å²) in [7, 11) is 0. The molecule has 1 rings (SSSR count). The molecular weight excluding hydrogens is 146 g/mol. The van der Waals surface area contributed by atoms with Crippen molar-refractivity contribution < 1.29 is 10.0 Å². The summed E-state index contributed by atoms with van der Waals surface area (Å²) in [6.45, 7) is 0. The molecule has 0 spiro atoms. The Morgan fingerprint density at radius 1 is 1.64 bits per heavy atom. The molecule has 0 aromatic rings. The summed E-state index contributed by atoms with van der Waals surface area (Å²) in [5.41, 5.74) is -0.0868. The minimum atomic E-state index is -0.536. The van der Waals surface area contributed by atoms with Crippen LogP contribution in [0.5, 0.6) is 0 Å². The predicted molar refractivity (Wildman–Crippen MR) is 39.5 cm³/mol. The van der Waals surface area contributed by atoms with Gasteiger partial charge in [0.1, 0.15) is 5.76 Å². The molecule has 0 aliphatic heterocycles. The minimum absolute atomic E-state index is 0.0540. The molecule has 0 aromatic heterocycles. The lowest BCUT2D eigenvalue weighted by Crippen LogP contribution is -1.94. The Hall–Kier alpha value is -1.58. The van der Waals surface area contributed by atoms with Crippen LogP contribution < -0.4 is 0 Å². The van der Waals surface area contributed by atoms with Crippen molar-refractivity contribution in [3.63, 3.8) is 0 Å². The molecule has 0 atom stereocenters. The summed E-state index contributed by atoms with van der Waals surface area (Å²) in [5.74, 6) is -0.0540. The highest BCUT2D eigenvalue weighted by Crippen LogP contribution is 2.08. The first-order valence-electron chi connectivity index (χ1n) is 3.12. The summed E-state index contributed by atoms with van der Waals surface area (Å²) in [4.78, 5) is 9.66. The maximum atomic E-state index is 10.2. The number of hydrogen-bond donors (Lipinski definition) is 1. The summed E-state index contributed by atoms with van der Waals surface area (Å²) >= 11 is 0. The molecule has 0 saturated carbocycles. The molecule has 58 valence electrons. The highest BCUT2D eigenvalue weighted by atomic mass is 16.6. The fourth-order valence-corrected chi connectivity index (χ4v) is 0.750. The van der Waals surface area contributed by atoms with Crippen molar-refractivity contribution in [2.45, 2.75) is 6.42 Å². The Morgan fingerprint density at radius 3 is 3.00 bits per heavy atom. The van der Waals surface area contributed by atoms with Crippen molar-refractivity contribution in [3.05, 3.63) is 45.9 Å². The van der Waals surface area contributed by atoms with E-state index in [1.165, 1.54) is 12.2 Å². The van der Waals surface area contributed by atoms with Gasteiger partial charge in [-0.1, -0.05) is 6.08 Å². The van der Waals surface area contributed by atoms with Crippen molar-refractivity contribution in [1.29, 1.82) is 0 Å². The van der Waals surface area contributed by atoms with Gasteiger partial charge in [-0.05, 0) is 12.5 Å². The van der Waals surface area contributed by atoms with Gasteiger partial charge >= 0.3 is 0 Å². The molecule has 4 heteroatoms. The average molecular weight is 153 g/mol. The van der Waals surface area contributed by atoms with Crippen molar-refractivity contribution in [2.24, 2.45) is 0 Å². The molecule has 0 heterocycles. The zero-order chi connectivity index (χ0) is 8.27. The van der Waals surface area contributed by atoms with Crippen molar-refractivity contribution in [3.8, 4) is 0 Å². The second-order valence-electron chi connectivity index (χ2n) is 2.09. The molecule has 0 aromatic carbocycles. The summed E-state index contributed by atoms with van der Waals surface area (Å²) < 4.78 is 0. The molecule has 0 bridgehead atoms. The number of rotatable bonds is 1. The van der Waals surface area contributed by atoms with Gasteiger partial charge in [-0.2, -0.15) is 0 Å². The molecule has 0 radical (unpaired) electrons. The van der Waals surface area contributed by atoms with E-state index < -0.39 is 4.92 Å². The topological polar surface area (TPSA) is 63.4 Å². The number of hydrogen-bond acceptors (Lipinski definition) is 3. The Morgan fingerprint density at radius 2 is 2.36 bits per heavy atom. The first-order chi connectivity index (χ1) is 5.20. The molecular formula is C7H7NO3. The first kappa shape index (κ1) is 7.53. The zero-order valence-electron chi connectivity index (χ0n) is 5.73. The van der Waals surface area contributed by atoms with Gasteiger partial charge < -0.3 is 5.11 Å². The van der Waals surface area contributed by atoms with Crippen LogP contribution in [0.4, 0.5) is 0 Å². The fraction of sp³-hybridized carbons (Fsp3) is 0.143. The molecule has 0 saturated heterocycles. The largest absolute Gasteiger partial charge is 0.508 e.